The van der Waals surface area contributed by atoms with Crippen LogP contribution in [-0.4, -0.2) is 17.4 Å². The molecule has 0 heterocycles. The summed E-state index contributed by atoms with van der Waals surface area (Å²) in [5.41, 5.74) is 0.0967. The number of hydrogen-bond acceptors (Lipinski definition) is 2. The van der Waals surface area contributed by atoms with Crippen molar-refractivity contribution in [1.29, 1.82) is 0 Å². The quantitative estimate of drug-likeness (QED) is 0.776. The Kier molecular flexibility index (Phi) is 4.00. The van der Waals surface area contributed by atoms with Crippen LogP contribution in [0.2, 0.25) is 10.0 Å². The smallest absolute Gasteiger partial charge is 0.313 e. The van der Waals surface area contributed by atoms with Gasteiger partial charge in [0, 0.05) is 5.54 Å². The minimum Gasteiger partial charge on any atom is -0.342 e. The number of benzene rings is 1. The zero-order chi connectivity index (χ0) is 16.9. The van der Waals surface area contributed by atoms with Crippen LogP contribution < -0.4 is 10.6 Å². The summed E-state index contributed by atoms with van der Waals surface area (Å²) < 4.78 is 0. The summed E-state index contributed by atoms with van der Waals surface area (Å²) in [5, 5.41) is 6.23. The van der Waals surface area contributed by atoms with Crippen molar-refractivity contribution < 1.29 is 9.59 Å². The van der Waals surface area contributed by atoms with Crippen molar-refractivity contribution >= 4 is 40.7 Å². The van der Waals surface area contributed by atoms with E-state index in [1.807, 2.05) is 0 Å². The molecule has 5 rings (SSSR count). The van der Waals surface area contributed by atoms with Gasteiger partial charge in [-0.05, 0) is 68.4 Å². The fraction of sp³-hybridized carbons (Fsp3) is 0.556. The van der Waals surface area contributed by atoms with Gasteiger partial charge in [-0.25, -0.2) is 0 Å². The molecule has 4 nitrogen and oxygen atoms in total. The molecule has 4 aliphatic rings. The fourth-order valence-electron chi connectivity index (χ4n) is 5.35. The summed E-state index contributed by atoms with van der Waals surface area (Å²) in [6, 6.07) is 4.94. The third-order valence-electron chi connectivity index (χ3n) is 5.82. The molecule has 4 bridgehead atoms. The number of rotatable bonds is 2. The summed E-state index contributed by atoms with van der Waals surface area (Å²) in [7, 11) is 0. The molecule has 0 saturated heterocycles. The molecule has 2 N–H and O–H groups in total. The van der Waals surface area contributed by atoms with E-state index in [0.29, 0.717) is 27.8 Å². The van der Waals surface area contributed by atoms with Gasteiger partial charge in [0.15, 0.2) is 0 Å². The zero-order valence-corrected chi connectivity index (χ0v) is 14.8. The van der Waals surface area contributed by atoms with Crippen LogP contribution in [0.15, 0.2) is 18.2 Å². The predicted octanol–water partition coefficient (Wildman–Crippen LogP) is 4.02. The second-order valence-electron chi connectivity index (χ2n) is 7.70. The van der Waals surface area contributed by atoms with Crippen molar-refractivity contribution in [3.63, 3.8) is 0 Å². The zero-order valence-electron chi connectivity index (χ0n) is 13.3. The average molecular weight is 367 g/mol. The molecular formula is C18H20Cl2N2O2. The highest BCUT2D eigenvalue weighted by molar-refractivity contribution is 6.44. The lowest BCUT2D eigenvalue weighted by Gasteiger charge is -2.56. The first kappa shape index (κ1) is 16.2. The van der Waals surface area contributed by atoms with E-state index in [9.17, 15) is 9.59 Å². The Labute approximate surface area is 151 Å². The van der Waals surface area contributed by atoms with Crippen LogP contribution in [0.4, 0.5) is 5.69 Å². The Morgan fingerprint density at radius 3 is 1.92 bits per heavy atom. The van der Waals surface area contributed by atoms with Crippen LogP contribution in [0, 0.1) is 17.8 Å². The molecule has 4 saturated carbocycles. The largest absolute Gasteiger partial charge is 0.342 e. The van der Waals surface area contributed by atoms with Crippen LogP contribution in [0.25, 0.3) is 0 Å². The van der Waals surface area contributed by atoms with E-state index < -0.39 is 11.8 Å². The topological polar surface area (TPSA) is 58.2 Å². The highest BCUT2D eigenvalue weighted by Gasteiger charge is 2.51. The highest BCUT2D eigenvalue weighted by atomic mass is 35.5. The Morgan fingerprint density at radius 1 is 0.917 bits per heavy atom. The molecule has 2 amide bonds. The summed E-state index contributed by atoms with van der Waals surface area (Å²) in [6.45, 7) is 0. The second kappa shape index (κ2) is 5.92. The van der Waals surface area contributed by atoms with Crippen molar-refractivity contribution in [2.75, 3.05) is 5.32 Å². The molecular weight excluding hydrogens is 347 g/mol. The molecule has 24 heavy (non-hydrogen) atoms. The maximum atomic E-state index is 12.4. The number of anilines is 1. The first-order valence-corrected chi connectivity index (χ1v) is 9.27. The lowest BCUT2D eigenvalue weighted by Crippen LogP contribution is -2.61. The van der Waals surface area contributed by atoms with E-state index in [2.05, 4.69) is 10.6 Å². The normalized spacial score (nSPS) is 33.3. The lowest BCUT2D eigenvalue weighted by molar-refractivity contribution is -0.139. The second-order valence-corrected chi connectivity index (χ2v) is 8.52. The van der Waals surface area contributed by atoms with E-state index in [4.69, 9.17) is 23.2 Å². The molecule has 4 aliphatic carbocycles. The van der Waals surface area contributed by atoms with Crippen molar-refractivity contribution in [2.45, 2.75) is 44.1 Å². The number of amides is 2. The van der Waals surface area contributed by atoms with Gasteiger partial charge in [0.2, 0.25) is 0 Å². The molecule has 0 unspecified atom stereocenters. The van der Waals surface area contributed by atoms with Gasteiger partial charge in [-0.2, -0.15) is 0 Å². The minimum absolute atomic E-state index is 0.187. The number of carbonyl (C=O) groups is 2. The van der Waals surface area contributed by atoms with Gasteiger partial charge in [-0.3, -0.25) is 9.59 Å². The number of hydrogen-bond donors (Lipinski definition) is 2. The fourth-order valence-corrected chi connectivity index (χ4v) is 5.84. The Balaban J connectivity index is 1.46. The van der Waals surface area contributed by atoms with E-state index in [0.717, 1.165) is 19.3 Å². The van der Waals surface area contributed by atoms with Crippen LogP contribution in [0.1, 0.15) is 38.5 Å². The summed E-state index contributed by atoms with van der Waals surface area (Å²) in [5.74, 6) is 0.821. The monoisotopic (exact) mass is 366 g/mol. The molecule has 1 aromatic rings. The van der Waals surface area contributed by atoms with Gasteiger partial charge >= 0.3 is 11.8 Å². The summed E-state index contributed by atoms with van der Waals surface area (Å²) >= 11 is 12.1. The van der Waals surface area contributed by atoms with Crippen molar-refractivity contribution in [3.05, 3.63) is 28.2 Å². The lowest BCUT2D eigenvalue weighted by atomic mass is 9.53. The predicted molar refractivity (Wildman–Crippen MR) is 94.1 cm³/mol. The van der Waals surface area contributed by atoms with Gasteiger partial charge in [0.25, 0.3) is 0 Å². The van der Waals surface area contributed by atoms with E-state index in [-0.39, 0.29) is 11.2 Å². The van der Waals surface area contributed by atoms with Gasteiger partial charge < -0.3 is 10.6 Å². The van der Waals surface area contributed by atoms with Crippen LogP contribution in [-0.2, 0) is 9.59 Å². The molecule has 0 aromatic heterocycles. The van der Waals surface area contributed by atoms with Gasteiger partial charge in [-0.1, -0.05) is 29.3 Å². The van der Waals surface area contributed by atoms with Crippen molar-refractivity contribution in [3.8, 4) is 0 Å². The van der Waals surface area contributed by atoms with Crippen LogP contribution in [0.5, 0.6) is 0 Å². The minimum atomic E-state index is -0.708. The number of carbonyl (C=O) groups excluding carboxylic acids is 2. The highest BCUT2D eigenvalue weighted by Crippen LogP contribution is 2.55. The molecule has 6 heteroatoms. The van der Waals surface area contributed by atoms with E-state index in [1.54, 1.807) is 18.2 Å². The van der Waals surface area contributed by atoms with Gasteiger partial charge in [-0.15, -0.1) is 0 Å². The molecule has 0 spiro atoms. The molecule has 0 atom stereocenters. The SMILES string of the molecule is O=C(Nc1c(Cl)cccc1Cl)C(=O)NC12CC3CC(CC(C3)C1)C2. The molecule has 0 aliphatic heterocycles. The van der Waals surface area contributed by atoms with E-state index in [1.165, 1.54) is 19.3 Å². The van der Waals surface area contributed by atoms with Gasteiger partial charge in [0.1, 0.15) is 0 Å². The third kappa shape index (κ3) is 2.91. The Bertz CT molecular complexity index is 649. The molecule has 0 radical (unpaired) electrons. The van der Waals surface area contributed by atoms with Gasteiger partial charge in [0.05, 0.1) is 15.7 Å². The first-order valence-electron chi connectivity index (χ1n) is 8.52. The molecule has 4 fully saturated rings. The first-order chi connectivity index (χ1) is 11.4. The summed E-state index contributed by atoms with van der Waals surface area (Å²) in [6.07, 6.45) is 6.88. The number of halogens is 2. The van der Waals surface area contributed by atoms with E-state index >= 15 is 0 Å². The number of para-hydroxylation sites is 1. The standard InChI is InChI=1S/C18H20Cl2N2O2/c19-13-2-1-3-14(20)15(13)21-16(23)17(24)22-18-7-10-4-11(8-18)6-12(5-10)9-18/h1-3,10-12H,4-9H2,(H,21,23)(H,22,24). The third-order valence-corrected chi connectivity index (χ3v) is 6.45. The van der Waals surface area contributed by atoms with Crippen molar-refractivity contribution in [2.24, 2.45) is 17.8 Å². The Hall–Kier alpha value is -1.26. The molecule has 128 valence electrons. The molecule has 1 aromatic carbocycles. The maximum Gasteiger partial charge on any atom is 0.313 e. The van der Waals surface area contributed by atoms with Crippen molar-refractivity contribution in [1.82, 2.24) is 5.32 Å². The number of nitrogens with one attached hydrogen (secondary N) is 2. The van der Waals surface area contributed by atoms with Crippen LogP contribution in [0.3, 0.4) is 0 Å². The van der Waals surface area contributed by atoms with Crippen LogP contribution >= 0.6 is 23.2 Å². The summed E-state index contributed by atoms with van der Waals surface area (Å²) in [4.78, 5) is 24.7. The Morgan fingerprint density at radius 2 is 1.42 bits per heavy atom. The average Bonchev–Trinajstić information content (AvgIpc) is 2.49. The maximum absolute atomic E-state index is 12.4.